The summed E-state index contributed by atoms with van der Waals surface area (Å²) in [5.41, 5.74) is 0.0648. The molecule has 0 aliphatic carbocycles. The summed E-state index contributed by atoms with van der Waals surface area (Å²) in [5, 5.41) is 9.49. The molecule has 0 aromatic heterocycles. The average molecular weight is 234 g/mol. The van der Waals surface area contributed by atoms with Gasteiger partial charge in [-0.25, -0.2) is 0 Å². The van der Waals surface area contributed by atoms with Gasteiger partial charge < -0.3 is 9.90 Å². The van der Waals surface area contributed by atoms with Gasteiger partial charge in [-0.1, -0.05) is 6.58 Å². The van der Waals surface area contributed by atoms with E-state index in [4.69, 9.17) is 4.55 Å². The van der Waals surface area contributed by atoms with E-state index in [2.05, 4.69) is 6.58 Å². The number of carboxylic acids is 1. The number of aliphatic carboxylic acids is 1. The first-order chi connectivity index (χ1) is 5.20. The molecule has 72 valence electrons. The summed E-state index contributed by atoms with van der Waals surface area (Å²) in [6.45, 7) is 5.85. The average Bonchev–Trinajstić information content (AvgIpc) is 1.87. The second-order valence-corrected chi connectivity index (χ2v) is 3.68. The standard InChI is InChI=1S/C4H6O2.C2H6O3S.K/c1-3(2)4(5)6;1-2-6(3,4)5;/h1H2,2H3,(H,5,6);2H2,1H3,(H,3,4,5);/q;;+1/p-1. The molecular weight excluding hydrogens is 223 g/mol. The van der Waals surface area contributed by atoms with E-state index in [1.807, 2.05) is 0 Å². The van der Waals surface area contributed by atoms with Crippen LogP contribution in [0, 0.1) is 0 Å². The molecule has 7 heteroatoms. The van der Waals surface area contributed by atoms with E-state index in [1.54, 1.807) is 0 Å². The van der Waals surface area contributed by atoms with Gasteiger partial charge in [0.25, 0.3) is 10.1 Å². The zero-order valence-corrected chi connectivity index (χ0v) is 11.8. The van der Waals surface area contributed by atoms with Gasteiger partial charge in [0.2, 0.25) is 0 Å². The third kappa shape index (κ3) is 24.5. The Morgan fingerprint density at radius 3 is 1.69 bits per heavy atom. The summed E-state index contributed by atoms with van der Waals surface area (Å²) in [7, 11) is -3.66. The van der Waals surface area contributed by atoms with Crippen molar-refractivity contribution >= 4 is 16.1 Å². The fraction of sp³-hybridized carbons (Fsp3) is 0.500. The Hall–Kier alpha value is 0.756. The molecule has 0 aromatic rings. The number of hydrogen-bond acceptors (Lipinski definition) is 4. The second kappa shape index (κ2) is 9.32. The second-order valence-electron chi connectivity index (χ2n) is 1.94. The molecule has 0 bridgehead atoms. The normalized spacial score (nSPS) is 8.85. The molecule has 0 amide bonds. The van der Waals surface area contributed by atoms with Gasteiger partial charge in [-0.05, 0) is 19.4 Å². The van der Waals surface area contributed by atoms with Crippen molar-refractivity contribution in [3.05, 3.63) is 12.2 Å². The van der Waals surface area contributed by atoms with Gasteiger partial charge in [-0.2, -0.15) is 8.42 Å². The first kappa shape index (κ1) is 19.3. The van der Waals surface area contributed by atoms with E-state index in [0.29, 0.717) is 0 Å². The summed E-state index contributed by atoms with van der Waals surface area (Å²) in [4.78, 5) is 9.49. The minimum absolute atomic E-state index is 0. The molecule has 1 N–H and O–H groups in total. The molecule has 0 atom stereocenters. The number of rotatable bonds is 2. The maximum atomic E-state index is 9.56. The van der Waals surface area contributed by atoms with Gasteiger partial charge in [-0.15, -0.1) is 0 Å². The summed E-state index contributed by atoms with van der Waals surface area (Å²) in [6, 6.07) is 0. The van der Waals surface area contributed by atoms with Crippen molar-refractivity contribution < 1.29 is 74.3 Å². The molecule has 0 rings (SSSR count). The number of carboxylic acid groups (broad SMARTS) is 1. The third-order valence-corrected chi connectivity index (χ3v) is 1.44. The van der Waals surface area contributed by atoms with E-state index in [9.17, 15) is 18.3 Å². The molecule has 5 nitrogen and oxygen atoms in total. The van der Waals surface area contributed by atoms with Crippen molar-refractivity contribution in [2.24, 2.45) is 0 Å². The fourth-order valence-electron chi connectivity index (χ4n) is 0. The largest absolute Gasteiger partial charge is 1.00 e. The topological polar surface area (TPSA) is 94.5 Å². The SMILES string of the molecule is C=C(C)C(=O)[O-].CCS(=O)(=O)O.[K+]. The molecule has 0 radical (unpaired) electrons. The Balaban J connectivity index is -0.000000143. The van der Waals surface area contributed by atoms with Crippen molar-refractivity contribution in [2.75, 3.05) is 5.75 Å². The Kier molecular flexibility index (Phi) is 13.9. The molecule has 0 aliphatic heterocycles. The van der Waals surface area contributed by atoms with Crippen LogP contribution in [0.2, 0.25) is 0 Å². The van der Waals surface area contributed by atoms with E-state index in [0.717, 1.165) is 0 Å². The molecule has 0 fully saturated rings. The fourth-order valence-corrected chi connectivity index (χ4v) is 0. The first-order valence-corrected chi connectivity index (χ1v) is 4.63. The van der Waals surface area contributed by atoms with Gasteiger partial charge in [0, 0.05) is 0 Å². The van der Waals surface area contributed by atoms with Gasteiger partial charge in [0.1, 0.15) is 0 Å². The molecular formula is C6H11KO5S. The summed E-state index contributed by atoms with van der Waals surface area (Å²) < 4.78 is 26.9. The predicted octanol–water partition coefficient (Wildman–Crippen LogP) is -3.79. The summed E-state index contributed by atoms with van der Waals surface area (Å²) >= 11 is 0. The molecule has 0 unspecified atom stereocenters. The van der Waals surface area contributed by atoms with Crippen LogP contribution in [0.1, 0.15) is 13.8 Å². The van der Waals surface area contributed by atoms with Crippen molar-refractivity contribution in [1.29, 1.82) is 0 Å². The van der Waals surface area contributed by atoms with Gasteiger partial charge in [0.15, 0.2) is 0 Å². The number of carbonyl (C=O) groups excluding carboxylic acids is 1. The Morgan fingerprint density at radius 2 is 1.69 bits per heavy atom. The van der Waals surface area contributed by atoms with Crippen LogP contribution >= 0.6 is 0 Å². The minimum atomic E-state index is -3.66. The van der Waals surface area contributed by atoms with Crippen LogP contribution in [0.5, 0.6) is 0 Å². The van der Waals surface area contributed by atoms with Crippen LogP contribution in [0.25, 0.3) is 0 Å². The maximum Gasteiger partial charge on any atom is 1.00 e. The van der Waals surface area contributed by atoms with Crippen molar-refractivity contribution in [2.45, 2.75) is 13.8 Å². The third-order valence-electron chi connectivity index (χ3n) is 0.713. The molecule has 0 saturated carbocycles. The minimum Gasteiger partial charge on any atom is -0.545 e. The molecule has 13 heavy (non-hydrogen) atoms. The van der Waals surface area contributed by atoms with Crippen LogP contribution in [0.15, 0.2) is 12.2 Å². The van der Waals surface area contributed by atoms with Crippen LogP contribution in [0.4, 0.5) is 0 Å². The quantitative estimate of drug-likeness (QED) is 0.300. The zero-order chi connectivity index (χ0) is 10.4. The Bertz CT molecular complexity index is 244. The van der Waals surface area contributed by atoms with Crippen LogP contribution in [0.3, 0.4) is 0 Å². The first-order valence-electron chi connectivity index (χ1n) is 3.02. The van der Waals surface area contributed by atoms with Crippen molar-refractivity contribution in [3.8, 4) is 0 Å². The monoisotopic (exact) mass is 234 g/mol. The van der Waals surface area contributed by atoms with Crippen molar-refractivity contribution in [3.63, 3.8) is 0 Å². The van der Waals surface area contributed by atoms with Gasteiger partial charge in [0.05, 0.1) is 11.7 Å². The van der Waals surface area contributed by atoms with Gasteiger partial charge in [-0.3, -0.25) is 4.55 Å². The van der Waals surface area contributed by atoms with E-state index >= 15 is 0 Å². The molecule has 0 aromatic carbocycles. The van der Waals surface area contributed by atoms with E-state index < -0.39 is 16.1 Å². The smallest absolute Gasteiger partial charge is 0.545 e. The number of hydrogen-bond donors (Lipinski definition) is 1. The van der Waals surface area contributed by atoms with Crippen molar-refractivity contribution in [1.82, 2.24) is 0 Å². The van der Waals surface area contributed by atoms with E-state index in [-0.39, 0.29) is 62.7 Å². The summed E-state index contributed by atoms with van der Waals surface area (Å²) in [5.74, 6) is -1.39. The van der Waals surface area contributed by atoms with Crippen LogP contribution in [-0.4, -0.2) is 24.7 Å². The number of carbonyl (C=O) groups is 1. The molecule has 0 spiro atoms. The van der Waals surface area contributed by atoms with Crippen LogP contribution in [-0.2, 0) is 14.9 Å². The van der Waals surface area contributed by atoms with E-state index in [1.165, 1.54) is 13.8 Å². The Morgan fingerprint density at radius 1 is 1.54 bits per heavy atom. The molecule has 0 aliphatic rings. The van der Waals surface area contributed by atoms with Gasteiger partial charge >= 0.3 is 51.4 Å². The maximum absolute atomic E-state index is 9.56. The Labute approximate surface area is 120 Å². The predicted molar refractivity (Wildman–Crippen MR) is 41.9 cm³/mol. The van der Waals surface area contributed by atoms with Crippen LogP contribution < -0.4 is 56.5 Å². The zero-order valence-electron chi connectivity index (χ0n) is 7.90. The summed E-state index contributed by atoms with van der Waals surface area (Å²) in [6.07, 6.45) is 0. The molecule has 0 saturated heterocycles. The molecule has 0 heterocycles.